The van der Waals surface area contributed by atoms with E-state index < -0.39 is 23.7 Å². The number of rotatable bonds is 3. The lowest BCUT2D eigenvalue weighted by molar-refractivity contribution is -0.142. The molecule has 3 saturated heterocycles. The molecule has 4 rings (SSSR count). The maximum atomic E-state index is 13.2. The Balaban J connectivity index is 1.53. The van der Waals surface area contributed by atoms with Gasteiger partial charge in [-0.1, -0.05) is 18.6 Å². The predicted octanol–water partition coefficient (Wildman–Crippen LogP) is 3.36. The summed E-state index contributed by atoms with van der Waals surface area (Å²) in [6.07, 6.45) is 0.621. The van der Waals surface area contributed by atoms with Gasteiger partial charge in [0.25, 0.3) is 0 Å². The zero-order valence-corrected chi connectivity index (χ0v) is 17.1. The smallest absolute Gasteiger partial charge is 0.351 e. The molecule has 1 aromatic rings. The van der Waals surface area contributed by atoms with Gasteiger partial charge in [0.2, 0.25) is 11.8 Å². The number of benzene rings is 1. The highest BCUT2D eigenvalue weighted by Gasteiger charge is 2.42. The lowest BCUT2D eigenvalue weighted by Crippen LogP contribution is -2.51. The molecule has 0 aliphatic carbocycles. The van der Waals surface area contributed by atoms with Crippen molar-refractivity contribution in [1.29, 1.82) is 0 Å². The quantitative estimate of drug-likeness (QED) is 0.811. The molecule has 4 unspecified atom stereocenters. The van der Waals surface area contributed by atoms with Crippen molar-refractivity contribution >= 4 is 11.8 Å². The number of carbonyl (C=O) groups is 2. The Morgan fingerprint density at radius 3 is 2.50 bits per heavy atom. The molecule has 3 aliphatic heterocycles. The number of hydrogen-bond acceptors (Lipinski definition) is 3. The third-order valence-electron chi connectivity index (χ3n) is 6.96. The van der Waals surface area contributed by atoms with E-state index >= 15 is 0 Å². The van der Waals surface area contributed by atoms with Gasteiger partial charge in [0.15, 0.2) is 0 Å². The first-order chi connectivity index (χ1) is 14.3. The summed E-state index contributed by atoms with van der Waals surface area (Å²) >= 11 is 0. The average molecular weight is 423 g/mol. The van der Waals surface area contributed by atoms with Gasteiger partial charge in [0.05, 0.1) is 17.5 Å². The van der Waals surface area contributed by atoms with Crippen LogP contribution in [0.15, 0.2) is 24.3 Å². The summed E-state index contributed by atoms with van der Waals surface area (Å²) in [6.45, 7) is 2.06. The first-order valence-corrected chi connectivity index (χ1v) is 10.7. The summed E-state index contributed by atoms with van der Waals surface area (Å²) in [7, 11) is 1.63. The van der Waals surface area contributed by atoms with Crippen molar-refractivity contribution in [3.63, 3.8) is 0 Å². The van der Waals surface area contributed by atoms with Crippen LogP contribution in [0, 0.1) is 5.92 Å². The Labute approximate surface area is 174 Å². The fourth-order valence-corrected chi connectivity index (χ4v) is 5.34. The van der Waals surface area contributed by atoms with Gasteiger partial charge in [-0.2, -0.15) is 13.2 Å². The van der Waals surface area contributed by atoms with E-state index in [-0.39, 0.29) is 24.3 Å². The van der Waals surface area contributed by atoms with Crippen molar-refractivity contribution in [2.24, 2.45) is 5.92 Å². The second kappa shape index (κ2) is 8.21. The monoisotopic (exact) mass is 423 g/mol. The van der Waals surface area contributed by atoms with Gasteiger partial charge < -0.3 is 10.2 Å². The summed E-state index contributed by atoms with van der Waals surface area (Å²) in [6, 6.07) is 4.74. The minimum atomic E-state index is -4.42. The van der Waals surface area contributed by atoms with Crippen LogP contribution in [0.2, 0.25) is 0 Å². The highest BCUT2D eigenvalue weighted by atomic mass is 19.4. The Bertz CT molecular complexity index is 796. The average Bonchev–Trinajstić information content (AvgIpc) is 3.12. The van der Waals surface area contributed by atoms with Crippen molar-refractivity contribution in [2.75, 3.05) is 20.1 Å². The van der Waals surface area contributed by atoms with Crippen molar-refractivity contribution in [3.8, 4) is 0 Å². The third kappa shape index (κ3) is 4.06. The van der Waals surface area contributed by atoms with Crippen LogP contribution in [-0.4, -0.2) is 53.8 Å². The van der Waals surface area contributed by atoms with Crippen LogP contribution in [0.25, 0.3) is 0 Å². The number of nitrogens with one attached hydrogen (secondary N) is 1. The molecule has 1 N–H and O–H groups in total. The molecule has 3 fully saturated rings. The summed E-state index contributed by atoms with van der Waals surface area (Å²) in [5.74, 6) is -0.665. The molecule has 3 heterocycles. The zero-order valence-electron chi connectivity index (χ0n) is 17.1. The number of hydrogen-bond donors (Lipinski definition) is 1. The molecule has 8 heteroatoms. The summed E-state index contributed by atoms with van der Waals surface area (Å²) in [5.41, 5.74) is -0.176. The van der Waals surface area contributed by atoms with Crippen molar-refractivity contribution in [2.45, 2.75) is 62.8 Å². The van der Waals surface area contributed by atoms with Gasteiger partial charge in [-0.05, 0) is 49.9 Å². The van der Waals surface area contributed by atoms with Gasteiger partial charge >= 0.3 is 6.18 Å². The molecule has 3 aliphatic rings. The number of carbonyl (C=O) groups excluding carboxylic acids is 2. The van der Waals surface area contributed by atoms with Crippen LogP contribution in [0.3, 0.4) is 0 Å². The van der Waals surface area contributed by atoms with Crippen molar-refractivity contribution in [1.82, 2.24) is 15.1 Å². The van der Waals surface area contributed by atoms with E-state index in [9.17, 15) is 22.8 Å². The normalized spacial score (nSPS) is 30.3. The number of alkyl halides is 3. The van der Waals surface area contributed by atoms with Gasteiger partial charge in [0, 0.05) is 32.1 Å². The number of halogens is 3. The molecule has 5 nitrogen and oxygen atoms in total. The maximum Gasteiger partial charge on any atom is 0.416 e. The highest BCUT2D eigenvalue weighted by Crippen LogP contribution is 2.38. The summed E-state index contributed by atoms with van der Waals surface area (Å²) in [4.78, 5) is 29.5. The summed E-state index contributed by atoms with van der Waals surface area (Å²) in [5, 5.41) is 3.22. The molecule has 2 amide bonds. The number of piperidine rings is 2. The van der Waals surface area contributed by atoms with E-state index in [2.05, 4.69) is 10.2 Å². The largest absolute Gasteiger partial charge is 0.416 e. The number of nitrogens with zero attached hydrogens (tertiary/aromatic N) is 2. The zero-order chi connectivity index (χ0) is 21.5. The van der Waals surface area contributed by atoms with Gasteiger partial charge in [-0.15, -0.1) is 0 Å². The lowest BCUT2D eigenvalue weighted by Gasteiger charge is -2.39. The maximum absolute atomic E-state index is 13.2. The Morgan fingerprint density at radius 1 is 1.07 bits per heavy atom. The van der Waals surface area contributed by atoms with Crippen LogP contribution in [-0.2, 0) is 15.8 Å². The van der Waals surface area contributed by atoms with E-state index in [4.69, 9.17) is 0 Å². The number of amides is 2. The molecule has 4 atom stereocenters. The molecular weight excluding hydrogens is 395 g/mol. The number of fused-ring (bicyclic) bond motifs is 1. The topological polar surface area (TPSA) is 52.7 Å². The van der Waals surface area contributed by atoms with E-state index in [0.29, 0.717) is 18.0 Å². The van der Waals surface area contributed by atoms with Gasteiger partial charge in [-0.25, -0.2) is 0 Å². The first-order valence-electron chi connectivity index (χ1n) is 10.7. The van der Waals surface area contributed by atoms with Gasteiger partial charge in [0.1, 0.15) is 0 Å². The molecule has 0 radical (unpaired) electrons. The third-order valence-corrected chi connectivity index (χ3v) is 6.96. The Hall–Kier alpha value is -2.09. The van der Waals surface area contributed by atoms with E-state index in [0.717, 1.165) is 38.1 Å². The SMILES string of the molecule is CN1C(=O)CCC(C(=O)NC2CCN3CCCCC23)C1c1ccc(C(F)(F)F)cc1. The van der Waals surface area contributed by atoms with Crippen LogP contribution < -0.4 is 5.32 Å². The fourth-order valence-electron chi connectivity index (χ4n) is 5.34. The molecule has 30 heavy (non-hydrogen) atoms. The molecule has 0 bridgehead atoms. The second-order valence-electron chi connectivity index (χ2n) is 8.72. The van der Waals surface area contributed by atoms with E-state index in [1.165, 1.54) is 29.9 Å². The second-order valence-corrected chi connectivity index (χ2v) is 8.72. The number of likely N-dealkylation sites (tertiary alicyclic amines) is 1. The first kappa shape index (κ1) is 21.2. The molecule has 0 aromatic heterocycles. The highest BCUT2D eigenvalue weighted by molar-refractivity contribution is 5.85. The van der Waals surface area contributed by atoms with Crippen LogP contribution in [0.5, 0.6) is 0 Å². The predicted molar refractivity (Wildman–Crippen MR) is 105 cm³/mol. The van der Waals surface area contributed by atoms with Crippen LogP contribution >= 0.6 is 0 Å². The van der Waals surface area contributed by atoms with E-state index in [1.54, 1.807) is 7.05 Å². The van der Waals surface area contributed by atoms with Crippen molar-refractivity contribution < 1.29 is 22.8 Å². The van der Waals surface area contributed by atoms with E-state index in [1.807, 2.05) is 0 Å². The Kier molecular flexibility index (Phi) is 5.79. The molecule has 1 aromatic carbocycles. The Morgan fingerprint density at radius 2 is 1.80 bits per heavy atom. The molecule has 164 valence electrons. The van der Waals surface area contributed by atoms with Crippen LogP contribution in [0.1, 0.15) is 55.7 Å². The fraction of sp³-hybridized carbons (Fsp3) is 0.636. The van der Waals surface area contributed by atoms with Crippen molar-refractivity contribution in [3.05, 3.63) is 35.4 Å². The molecular formula is C22H28F3N3O2. The van der Waals surface area contributed by atoms with Crippen LogP contribution in [0.4, 0.5) is 13.2 Å². The summed E-state index contributed by atoms with van der Waals surface area (Å²) < 4.78 is 38.8. The lowest BCUT2D eigenvalue weighted by atomic mass is 9.83. The standard InChI is InChI=1S/C22H28F3N3O2/c1-27-19(29)10-9-16(20(27)14-5-7-15(8-6-14)22(23,24)25)21(30)26-17-11-13-28-12-3-2-4-18(17)28/h5-8,16-18,20H,2-4,9-13H2,1H3,(H,26,30). The molecule has 0 saturated carbocycles. The minimum Gasteiger partial charge on any atom is -0.351 e. The minimum absolute atomic E-state index is 0.0942. The molecule has 0 spiro atoms. The van der Waals surface area contributed by atoms with Gasteiger partial charge in [-0.3, -0.25) is 14.5 Å².